The molecule has 0 aliphatic rings. The summed E-state index contributed by atoms with van der Waals surface area (Å²) in [6.07, 6.45) is 2.30. The predicted octanol–water partition coefficient (Wildman–Crippen LogP) is 3.94. The van der Waals surface area contributed by atoms with Crippen molar-refractivity contribution in [2.24, 2.45) is 0 Å². The van der Waals surface area contributed by atoms with E-state index in [2.05, 4.69) is 5.16 Å². The Balaban J connectivity index is 1.48. The zero-order chi connectivity index (χ0) is 22.9. The molecule has 0 fully saturated rings. The van der Waals surface area contributed by atoms with Crippen LogP contribution in [0.3, 0.4) is 0 Å². The van der Waals surface area contributed by atoms with E-state index in [0.29, 0.717) is 33.9 Å². The normalized spacial score (nSPS) is 11.6. The lowest BCUT2D eigenvalue weighted by molar-refractivity contribution is -0.136. The lowest BCUT2D eigenvalue weighted by Gasteiger charge is -2.06. The molecule has 10 heteroatoms. The van der Waals surface area contributed by atoms with Gasteiger partial charge in [-0.25, -0.2) is 0 Å². The number of benzene rings is 2. The minimum absolute atomic E-state index is 0.119. The Morgan fingerprint density at radius 2 is 1.97 bits per heavy atom. The van der Waals surface area contributed by atoms with Gasteiger partial charge in [0.2, 0.25) is 0 Å². The van der Waals surface area contributed by atoms with Gasteiger partial charge in [-0.2, -0.15) is 8.42 Å². The molecule has 0 spiro atoms. The van der Waals surface area contributed by atoms with E-state index in [4.69, 9.17) is 23.0 Å². The second-order valence-corrected chi connectivity index (χ2v) is 8.81. The van der Waals surface area contributed by atoms with Crippen molar-refractivity contribution in [1.29, 1.82) is 0 Å². The van der Waals surface area contributed by atoms with Gasteiger partial charge in [-0.1, -0.05) is 17.3 Å². The van der Waals surface area contributed by atoms with E-state index in [9.17, 15) is 13.2 Å². The van der Waals surface area contributed by atoms with Gasteiger partial charge in [0.25, 0.3) is 0 Å². The van der Waals surface area contributed by atoms with Gasteiger partial charge in [-0.3, -0.25) is 4.79 Å². The SMILES string of the molecule is Cc1cc(OCc2cc(-c3cccc(OS(C)(=O)=O)c3)on2)cc2occ(CC(=O)O)c12. The van der Waals surface area contributed by atoms with E-state index in [1.165, 1.54) is 18.4 Å². The van der Waals surface area contributed by atoms with Crippen molar-refractivity contribution < 1.29 is 36.2 Å². The maximum Gasteiger partial charge on any atom is 0.307 e. The Morgan fingerprint density at radius 3 is 2.72 bits per heavy atom. The summed E-state index contributed by atoms with van der Waals surface area (Å²) in [6.45, 7) is 1.98. The Morgan fingerprint density at radius 1 is 1.16 bits per heavy atom. The van der Waals surface area contributed by atoms with Crippen LogP contribution in [0.5, 0.6) is 11.5 Å². The van der Waals surface area contributed by atoms with Crippen molar-refractivity contribution >= 4 is 27.1 Å². The van der Waals surface area contributed by atoms with E-state index in [1.54, 1.807) is 30.3 Å². The van der Waals surface area contributed by atoms with Crippen molar-refractivity contribution in [2.75, 3.05) is 6.26 Å². The molecule has 32 heavy (non-hydrogen) atoms. The molecule has 1 N–H and O–H groups in total. The van der Waals surface area contributed by atoms with E-state index in [-0.39, 0.29) is 18.8 Å². The van der Waals surface area contributed by atoms with Crippen LogP contribution < -0.4 is 8.92 Å². The van der Waals surface area contributed by atoms with Gasteiger partial charge in [0.05, 0.1) is 18.9 Å². The van der Waals surface area contributed by atoms with Crippen molar-refractivity contribution in [3.63, 3.8) is 0 Å². The maximum absolute atomic E-state index is 11.3. The van der Waals surface area contributed by atoms with Crippen LogP contribution in [0, 0.1) is 6.92 Å². The molecule has 166 valence electrons. The molecule has 2 heterocycles. The smallest absolute Gasteiger partial charge is 0.307 e. The molecule has 4 aromatic rings. The van der Waals surface area contributed by atoms with Crippen LogP contribution in [-0.4, -0.2) is 30.9 Å². The summed E-state index contributed by atoms with van der Waals surface area (Å²) in [6, 6.07) is 11.6. The van der Waals surface area contributed by atoms with Gasteiger partial charge in [0.1, 0.15) is 29.4 Å². The number of aliphatic carboxylic acids is 1. The van der Waals surface area contributed by atoms with E-state index >= 15 is 0 Å². The minimum atomic E-state index is -3.64. The zero-order valence-corrected chi connectivity index (χ0v) is 18.0. The van der Waals surface area contributed by atoms with Crippen molar-refractivity contribution in [3.8, 4) is 22.8 Å². The Hall–Kier alpha value is -3.79. The van der Waals surface area contributed by atoms with Crippen LogP contribution in [0.15, 0.2) is 57.7 Å². The number of aromatic nitrogens is 1. The first-order valence-electron chi connectivity index (χ1n) is 9.49. The van der Waals surface area contributed by atoms with Crippen LogP contribution >= 0.6 is 0 Å². The first-order valence-corrected chi connectivity index (χ1v) is 11.3. The highest BCUT2D eigenvalue weighted by atomic mass is 32.2. The Labute approximate surface area is 183 Å². The molecular weight excluding hydrogens is 438 g/mol. The molecule has 0 bridgehead atoms. The largest absolute Gasteiger partial charge is 0.487 e. The molecule has 0 amide bonds. The molecule has 0 atom stereocenters. The number of nitrogens with zero attached hydrogens (tertiary/aromatic N) is 1. The average molecular weight is 457 g/mol. The number of rotatable bonds is 8. The van der Waals surface area contributed by atoms with Crippen molar-refractivity contribution in [2.45, 2.75) is 20.0 Å². The number of furan rings is 1. The fourth-order valence-corrected chi connectivity index (χ4v) is 3.80. The van der Waals surface area contributed by atoms with Gasteiger partial charge >= 0.3 is 16.1 Å². The number of aryl methyl sites for hydroxylation is 1. The number of carboxylic acid groups (broad SMARTS) is 1. The Kier molecular flexibility index (Phi) is 5.62. The molecule has 2 aromatic heterocycles. The third-order valence-electron chi connectivity index (χ3n) is 4.58. The highest BCUT2D eigenvalue weighted by Crippen LogP contribution is 2.31. The van der Waals surface area contributed by atoms with Crippen LogP contribution in [0.2, 0.25) is 0 Å². The molecule has 0 unspecified atom stereocenters. The van der Waals surface area contributed by atoms with Gasteiger partial charge in [0.15, 0.2) is 5.76 Å². The fraction of sp³-hybridized carbons (Fsp3) is 0.182. The van der Waals surface area contributed by atoms with Crippen molar-refractivity contribution in [3.05, 3.63) is 65.5 Å². The summed E-state index contributed by atoms with van der Waals surface area (Å²) in [5.74, 6) is 0.212. The highest BCUT2D eigenvalue weighted by molar-refractivity contribution is 7.86. The summed E-state index contributed by atoms with van der Waals surface area (Å²) >= 11 is 0. The molecule has 0 saturated heterocycles. The number of carbonyl (C=O) groups is 1. The molecular formula is C22H19NO8S. The molecule has 0 saturated carbocycles. The minimum Gasteiger partial charge on any atom is -0.487 e. The lowest BCUT2D eigenvalue weighted by Crippen LogP contribution is -2.05. The topological polar surface area (TPSA) is 129 Å². The second kappa shape index (κ2) is 8.39. The van der Waals surface area contributed by atoms with Crippen LogP contribution in [0.1, 0.15) is 16.8 Å². The van der Waals surface area contributed by atoms with Crippen LogP contribution in [0.4, 0.5) is 0 Å². The number of hydrogen-bond acceptors (Lipinski definition) is 8. The number of fused-ring (bicyclic) bond motifs is 1. The fourth-order valence-electron chi connectivity index (χ4n) is 3.35. The molecule has 0 radical (unpaired) electrons. The van der Waals surface area contributed by atoms with E-state index < -0.39 is 16.1 Å². The number of carboxylic acids is 1. The van der Waals surface area contributed by atoms with Gasteiger partial charge in [0, 0.05) is 28.6 Å². The van der Waals surface area contributed by atoms with Crippen LogP contribution in [-0.2, 0) is 27.9 Å². The molecule has 0 aliphatic carbocycles. The first kappa shape index (κ1) is 21.4. The zero-order valence-electron chi connectivity index (χ0n) is 17.2. The number of hydrogen-bond donors (Lipinski definition) is 1. The van der Waals surface area contributed by atoms with Crippen LogP contribution in [0.25, 0.3) is 22.3 Å². The quantitative estimate of drug-likeness (QED) is 0.391. The first-order chi connectivity index (χ1) is 15.2. The summed E-state index contributed by atoms with van der Waals surface area (Å²) in [5, 5.41) is 13.8. The second-order valence-electron chi connectivity index (χ2n) is 7.23. The van der Waals surface area contributed by atoms with E-state index in [1.807, 2.05) is 6.92 Å². The molecule has 0 aliphatic heterocycles. The summed E-state index contributed by atoms with van der Waals surface area (Å²) in [7, 11) is -3.64. The Bertz CT molecular complexity index is 1400. The van der Waals surface area contributed by atoms with Crippen molar-refractivity contribution in [1.82, 2.24) is 5.16 Å². The van der Waals surface area contributed by atoms with E-state index in [0.717, 1.165) is 17.2 Å². The molecule has 2 aromatic carbocycles. The molecule has 4 rings (SSSR count). The molecule has 9 nitrogen and oxygen atoms in total. The third-order valence-corrected chi connectivity index (χ3v) is 5.07. The average Bonchev–Trinajstić information content (AvgIpc) is 3.32. The lowest BCUT2D eigenvalue weighted by atomic mass is 10.1. The maximum atomic E-state index is 11.3. The van der Waals surface area contributed by atoms with Gasteiger partial charge in [-0.15, -0.1) is 0 Å². The monoisotopic (exact) mass is 457 g/mol. The predicted molar refractivity (Wildman–Crippen MR) is 114 cm³/mol. The summed E-state index contributed by atoms with van der Waals surface area (Å²) in [5.41, 5.74) is 3.12. The van der Waals surface area contributed by atoms with Gasteiger partial charge < -0.3 is 23.0 Å². The summed E-state index contributed by atoms with van der Waals surface area (Å²) in [4.78, 5) is 11.0. The number of ether oxygens (including phenoxy) is 1. The van der Waals surface area contributed by atoms with Gasteiger partial charge in [-0.05, 0) is 30.7 Å². The highest BCUT2D eigenvalue weighted by Gasteiger charge is 2.15. The summed E-state index contributed by atoms with van der Waals surface area (Å²) < 4.78 is 44.2. The third kappa shape index (κ3) is 4.92. The standard InChI is InChI=1S/C22H19NO8S/c1-13-6-18(10-20-22(13)15(11-29-20)8-21(24)25)28-12-16-9-19(30-23-16)14-4-3-5-17(7-14)31-32(2,26)27/h3-7,9-11H,8,12H2,1-2H3,(H,24,25).